The highest BCUT2D eigenvalue weighted by molar-refractivity contribution is 7.99. The van der Waals surface area contributed by atoms with Crippen molar-refractivity contribution in [3.63, 3.8) is 0 Å². The van der Waals surface area contributed by atoms with Crippen molar-refractivity contribution in [3.8, 4) is 5.75 Å². The first-order valence-corrected chi connectivity index (χ1v) is 11.7. The van der Waals surface area contributed by atoms with Gasteiger partial charge in [-0.2, -0.15) is 0 Å². The van der Waals surface area contributed by atoms with Crippen molar-refractivity contribution in [2.75, 3.05) is 11.1 Å². The van der Waals surface area contributed by atoms with Gasteiger partial charge in [0, 0.05) is 17.6 Å². The number of thioether (sulfide) groups is 1. The molecule has 0 bridgehead atoms. The third kappa shape index (κ3) is 7.19. The van der Waals surface area contributed by atoms with E-state index in [1.54, 1.807) is 0 Å². The third-order valence-electron chi connectivity index (χ3n) is 4.60. The number of amides is 1. The number of para-hydroxylation sites is 1. The van der Waals surface area contributed by atoms with Crippen LogP contribution >= 0.6 is 23.4 Å². The highest BCUT2D eigenvalue weighted by atomic mass is 35.5. The molecule has 11 heteroatoms. The topological polar surface area (TPSA) is 112 Å². The molecule has 0 saturated heterocycles. The van der Waals surface area contributed by atoms with Crippen molar-refractivity contribution in [2.45, 2.75) is 38.6 Å². The quantitative estimate of drug-likeness (QED) is 0.224. The van der Waals surface area contributed by atoms with Crippen molar-refractivity contribution in [3.05, 3.63) is 69.5 Å². The van der Waals surface area contributed by atoms with Crippen molar-refractivity contribution in [2.24, 2.45) is 5.92 Å². The van der Waals surface area contributed by atoms with E-state index in [-0.39, 0.29) is 28.8 Å². The van der Waals surface area contributed by atoms with Crippen LogP contribution in [0.3, 0.4) is 0 Å². The number of benzene rings is 2. The van der Waals surface area contributed by atoms with E-state index in [9.17, 15) is 14.9 Å². The van der Waals surface area contributed by atoms with Crippen LogP contribution in [0.2, 0.25) is 5.02 Å². The van der Waals surface area contributed by atoms with E-state index in [4.69, 9.17) is 16.3 Å². The lowest BCUT2D eigenvalue weighted by Crippen LogP contribution is -2.16. The monoisotopic (exact) mass is 489 g/mol. The fourth-order valence-corrected chi connectivity index (χ4v) is 3.84. The number of carbonyl (C=O) groups is 1. The Bertz CT molecular complexity index is 1110. The number of nitro groups is 1. The average Bonchev–Trinajstić information content (AvgIpc) is 3.18. The number of aromatic nitrogens is 3. The van der Waals surface area contributed by atoms with Crippen molar-refractivity contribution in [1.29, 1.82) is 0 Å². The summed E-state index contributed by atoms with van der Waals surface area (Å²) in [6.45, 7) is 5.19. The van der Waals surface area contributed by atoms with Crippen molar-refractivity contribution in [1.82, 2.24) is 14.8 Å². The SMILES string of the molecule is CC(C)CCn1c(COc2ccccc2)nnc1SCC(=O)Nc1ccc(Cl)cc1[N+](=O)[O-]. The maximum Gasteiger partial charge on any atom is 0.294 e. The van der Waals surface area contributed by atoms with Crippen LogP contribution in [0.1, 0.15) is 26.1 Å². The highest BCUT2D eigenvalue weighted by Gasteiger charge is 2.19. The van der Waals surface area contributed by atoms with E-state index in [0.717, 1.165) is 12.2 Å². The largest absolute Gasteiger partial charge is 0.486 e. The molecule has 0 aliphatic heterocycles. The number of hydrogen-bond acceptors (Lipinski definition) is 7. The Morgan fingerprint density at radius 3 is 2.70 bits per heavy atom. The van der Waals surface area contributed by atoms with Gasteiger partial charge in [0.1, 0.15) is 18.0 Å². The molecule has 0 radical (unpaired) electrons. The molecule has 2 aromatic carbocycles. The number of nitrogens with zero attached hydrogens (tertiary/aromatic N) is 4. The van der Waals surface area contributed by atoms with E-state index >= 15 is 0 Å². The van der Waals surface area contributed by atoms with Gasteiger partial charge in [-0.05, 0) is 36.6 Å². The molecule has 0 atom stereocenters. The van der Waals surface area contributed by atoms with Gasteiger partial charge in [-0.25, -0.2) is 0 Å². The minimum atomic E-state index is -0.587. The first-order chi connectivity index (χ1) is 15.8. The Kier molecular flexibility index (Phi) is 8.67. The molecule has 9 nitrogen and oxygen atoms in total. The molecule has 0 spiro atoms. The molecule has 3 aromatic rings. The number of anilines is 1. The predicted octanol–water partition coefficient (Wildman–Crippen LogP) is 5.20. The summed E-state index contributed by atoms with van der Waals surface area (Å²) in [5, 5.41) is 23.1. The summed E-state index contributed by atoms with van der Waals surface area (Å²) in [5.41, 5.74) is -0.172. The highest BCUT2D eigenvalue weighted by Crippen LogP contribution is 2.28. The van der Waals surface area contributed by atoms with Gasteiger partial charge >= 0.3 is 0 Å². The molecule has 0 saturated carbocycles. The molecule has 0 aliphatic rings. The van der Waals surface area contributed by atoms with Crippen LogP contribution < -0.4 is 10.1 Å². The van der Waals surface area contributed by atoms with Crippen LogP contribution in [0.5, 0.6) is 5.75 Å². The Morgan fingerprint density at radius 2 is 2.00 bits per heavy atom. The van der Waals surface area contributed by atoms with E-state index < -0.39 is 10.8 Å². The van der Waals surface area contributed by atoms with Crippen molar-refractivity contribution < 1.29 is 14.5 Å². The van der Waals surface area contributed by atoms with Gasteiger partial charge in [-0.15, -0.1) is 10.2 Å². The molecule has 1 heterocycles. The van der Waals surface area contributed by atoms with Crippen molar-refractivity contribution >= 4 is 40.6 Å². The smallest absolute Gasteiger partial charge is 0.294 e. The summed E-state index contributed by atoms with van der Waals surface area (Å²) < 4.78 is 7.77. The van der Waals surface area contributed by atoms with E-state index in [2.05, 4.69) is 29.4 Å². The van der Waals surface area contributed by atoms with Gasteiger partial charge in [0.2, 0.25) is 5.91 Å². The molecule has 174 valence electrons. The lowest BCUT2D eigenvalue weighted by Gasteiger charge is -2.12. The van der Waals surface area contributed by atoms with Gasteiger partial charge in [-0.3, -0.25) is 14.9 Å². The summed E-state index contributed by atoms with van der Waals surface area (Å²) in [5.74, 6) is 1.48. The zero-order valence-corrected chi connectivity index (χ0v) is 19.8. The minimum absolute atomic E-state index is 0.0130. The molecular weight excluding hydrogens is 466 g/mol. The molecule has 1 aromatic heterocycles. The Hall–Kier alpha value is -3.11. The molecular formula is C22H24ClN5O4S. The molecule has 0 unspecified atom stereocenters. The first kappa shape index (κ1) is 24.5. The first-order valence-electron chi connectivity index (χ1n) is 10.3. The lowest BCUT2D eigenvalue weighted by molar-refractivity contribution is -0.383. The Morgan fingerprint density at radius 1 is 1.24 bits per heavy atom. The number of nitro benzene ring substituents is 1. The van der Waals surface area contributed by atoms with Gasteiger partial charge in [-0.1, -0.05) is 55.4 Å². The minimum Gasteiger partial charge on any atom is -0.486 e. The molecule has 33 heavy (non-hydrogen) atoms. The van der Waals surface area contributed by atoms with Gasteiger partial charge < -0.3 is 14.6 Å². The van der Waals surface area contributed by atoms with Crippen LogP contribution in [-0.4, -0.2) is 31.3 Å². The summed E-state index contributed by atoms with van der Waals surface area (Å²) in [4.78, 5) is 23.1. The number of halogens is 1. The number of nitrogens with one attached hydrogen (secondary N) is 1. The molecule has 0 aliphatic carbocycles. The number of carbonyl (C=O) groups excluding carboxylic acids is 1. The number of rotatable bonds is 11. The fraction of sp³-hybridized carbons (Fsp3) is 0.318. The van der Waals surface area contributed by atoms with Crippen LogP contribution in [0, 0.1) is 16.0 Å². The van der Waals surface area contributed by atoms with E-state index in [0.29, 0.717) is 23.4 Å². The van der Waals surface area contributed by atoms with E-state index in [1.165, 1.54) is 30.0 Å². The molecule has 0 fully saturated rings. The normalized spacial score (nSPS) is 10.9. The Balaban J connectivity index is 1.67. The second-order valence-electron chi connectivity index (χ2n) is 7.59. The van der Waals surface area contributed by atoms with Gasteiger partial charge in [0.05, 0.1) is 10.7 Å². The van der Waals surface area contributed by atoms with Crippen LogP contribution in [0.4, 0.5) is 11.4 Å². The van der Waals surface area contributed by atoms with Crippen LogP contribution in [-0.2, 0) is 17.9 Å². The zero-order chi connectivity index (χ0) is 23.8. The van der Waals surface area contributed by atoms with Gasteiger partial charge in [0.15, 0.2) is 11.0 Å². The number of ether oxygens (including phenoxy) is 1. The zero-order valence-electron chi connectivity index (χ0n) is 18.2. The average molecular weight is 490 g/mol. The number of hydrogen-bond donors (Lipinski definition) is 1. The van der Waals surface area contributed by atoms with Crippen LogP contribution in [0.15, 0.2) is 53.7 Å². The van der Waals surface area contributed by atoms with E-state index in [1.807, 2.05) is 34.9 Å². The second kappa shape index (κ2) is 11.7. The summed E-state index contributed by atoms with van der Waals surface area (Å²) in [6.07, 6.45) is 0.910. The summed E-state index contributed by atoms with van der Waals surface area (Å²) >= 11 is 7.04. The molecule has 1 N–H and O–H groups in total. The third-order valence-corrected chi connectivity index (χ3v) is 5.80. The fourth-order valence-electron chi connectivity index (χ4n) is 2.89. The van der Waals surface area contributed by atoms with Gasteiger partial charge in [0.25, 0.3) is 5.69 Å². The second-order valence-corrected chi connectivity index (χ2v) is 8.97. The summed E-state index contributed by atoms with van der Waals surface area (Å²) in [6, 6.07) is 13.5. The Labute approximate surface area is 200 Å². The predicted molar refractivity (Wildman–Crippen MR) is 128 cm³/mol. The lowest BCUT2D eigenvalue weighted by atomic mass is 10.1. The van der Waals surface area contributed by atoms with Crippen LogP contribution in [0.25, 0.3) is 0 Å². The maximum atomic E-state index is 12.5. The summed E-state index contributed by atoms with van der Waals surface area (Å²) in [7, 11) is 0. The molecule has 1 amide bonds. The maximum absolute atomic E-state index is 12.5. The molecule has 3 rings (SSSR count). The standard InChI is InChI=1S/C22H24ClN5O4S/c1-15(2)10-11-27-20(13-32-17-6-4-3-5-7-17)25-26-22(27)33-14-21(29)24-18-9-8-16(23)12-19(18)28(30)31/h3-9,12,15H,10-11,13-14H2,1-2H3,(H,24,29).